The summed E-state index contributed by atoms with van der Waals surface area (Å²) in [5, 5.41) is 14.4. The van der Waals surface area contributed by atoms with Crippen LogP contribution in [0.25, 0.3) is 0 Å². The van der Waals surface area contributed by atoms with E-state index in [1.165, 1.54) is 6.07 Å². The largest absolute Gasteiger partial charge is 0.352 e. The van der Waals surface area contributed by atoms with E-state index in [9.17, 15) is 19.7 Å². The van der Waals surface area contributed by atoms with Crippen LogP contribution in [0, 0.1) is 23.0 Å². The lowest BCUT2D eigenvalue weighted by atomic mass is 10.1. The molecule has 1 aliphatic rings. The van der Waals surface area contributed by atoms with Gasteiger partial charge < -0.3 is 10.2 Å². The highest BCUT2D eigenvalue weighted by Crippen LogP contribution is 2.26. The predicted molar refractivity (Wildman–Crippen MR) is 102 cm³/mol. The summed E-state index contributed by atoms with van der Waals surface area (Å²) in [6.45, 7) is 2.43. The number of halogens is 1. The van der Waals surface area contributed by atoms with Gasteiger partial charge in [-0.25, -0.2) is 0 Å². The Morgan fingerprint density at radius 3 is 2.67 bits per heavy atom. The molecule has 1 N–H and O–H groups in total. The molecule has 7 nitrogen and oxygen atoms in total. The Balaban J connectivity index is 1.61. The SMILES string of the molecule is Cc1ccc(C(=O)NC[C@H]2CC(=O)N(c3ccc(Cl)cc3)C2)cc1[N+](=O)[O-]. The number of rotatable bonds is 5. The van der Waals surface area contributed by atoms with Crippen molar-refractivity contribution < 1.29 is 14.5 Å². The van der Waals surface area contributed by atoms with Crippen LogP contribution in [0.1, 0.15) is 22.3 Å². The molecule has 0 saturated carbocycles. The summed E-state index contributed by atoms with van der Waals surface area (Å²) in [4.78, 5) is 36.7. The molecule has 2 amide bonds. The van der Waals surface area contributed by atoms with Crippen LogP contribution in [0.4, 0.5) is 11.4 Å². The minimum atomic E-state index is -0.508. The van der Waals surface area contributed by atoms with Gasteiger partial charge in [0.2, 0.25) is 5.91 Å². The van der Waals surface area contributed by atoms with Crippen LogP contribution < -0.4 is 10.2 Å². The molecule has 3 rings (SSSR count). The summed E-state index contributed by atoms with van der Waals surface area (Å²) < 4.78 is 0. The average Bonchev–Trinajstić information content (AvgIpc) is 3.01. The molecule has 8 heteroatoms. The summed E-state index contributed by atoms with van der Waals surface area (Å²) >= 11 is 5.87. The Bertz CT molecular complexity index is 898. The molecule has 27 heavy (non-hydrogen) atoms. The van der Waals surface area contributed by atoms with Crippen molar-refractivity contribution in [2.75, 3.05) is 18.0 Å². The number of benzene rings is 2. The van der Waals surface area contributed by atoms with Crippen LogP contribution in [0.15, 0.2) is 42.5 Å². The van der Waals surface area contributed by atoms with Gasteiger partial charge in [-0.1, -0.05) is 17.7 Å². The molecule has 0 radical (unpaired) electrons. The number of hydrogen-bond acceptors (Lipinski definition) is 4. The first-order chi connectivity index (χ1) is 12.8. The number of aryl methyl sites for hydroxylation is 1. The fourth-order valence-corrected chi connectivity index (χ4v) is 3.20. The molecule has 0 aliphatic carbocycles. The van der Waals surface area contributed by atoms with Crippen LogP contribution in [0.5, 0.6) is 0 Å². The van der Waals surface area contributed by atoms with Gasteiger partial charge >= 0.3 is 0 Å². The van der Waals surface area contributed by atoms with Gasteiger partial charge in [-0.05, 0) is 37.3 Å². The van der Waals surface area contributed by atoms with E-state index in [4.69, 9.17) is 11.6 Å². The number of nitrogens with one attached hydrogen (secondary N) is 1. The van der Waals surface area contributed by atoms with Crippen molar-refractivity contribution in [3.05, 3.63) is 68.7 Å². The number of amides is 2. The lowest BCUT2D eigenvalue weighted by Gasteiger charge is -2.17. The number of carbonyl (C=O) groups is 2. The van der Waals surface area contributed by atoms with E-state index < -0.39 is 10.8 Å². The molecule has 1 aliphatic heterocycles. The lowest BCUT2D eigenvalue weighted by Crippen LogP contribution is -2.31. The predicted octanol–water partition coefficient (Wildman–Crippen LogP) is 3.34. The zero-order valence-corrected chi connectivity index (χ0v) is 15.4. The van der Waals surface area contributed by atoms with Crippen molar-refractivity contribution in [2.24, 2.45) is 5.92 Å². The van der Waals surface area contributed by atoms with Crippen molar-refractivity contribution in [3.63, 3.8) is 0 Å². The minimum Gasteiger partial charge on any atom is -0.352 e. The van der Waals surface area contributed by atoms with Crippen LogP contribution in [-0.4, -0.2) is 29.8 Å². The first kappa shape index (κ1) is 18.8. The van der Waals surface area contributed by atoms with Gasteiger partial charge in [0.15, 0.2) is 0 Å². The number of nitro benzene ring substituents is 1. The van der Waals surface area contributed by atoms with Crippen LogP contribution >= 0.6 is 11.6 Å². The van der Waals surface area contributed by atoms with Gasteiger partial charge in [0.1, 0.15) is 0 Å². The normalized spacial score (nSPS) is 16.4. The molecule has 0 aromatic heterocycles. The maximum Gasteiger partial charge on any atom is 0.273 e. The van der Waals surface area contributed by atoms with E-state index in [2.05, 4.69) is 5.32 Å². The molecule has 0 spiro atoms. The van der Waals surface area contributed by atoms with E-state index in [1.54, 1.807) is 48.2 Å². The summed E-state index contributed by atoms with van der Waals surface area (Å²) in [5.74, 6) is -0.435. The van der Waals surface area contributed by atoms with Crippen molar-refractivity contribution in [1.29, 1.82) is 0 Å². The fraction of sp³-hybridized carbons (Fsp3) is 0.263. The number of anilines is 1. The number of nitro groups is 1. The standard InChI is InChI=1S/C19H18ClN3O4/c1-12-2-3-14(9-17(12)23(26)27)19(25)21-10-13-8-18(24)22(11-13)16-6-4-15(20)5-7-16/h2-7,9,13H,8,10-11H2,1H3,(H,21,25)/t13-/m1/s1. The van der Waals surface area contributed by atoms with Gasteiger partial charge in [0, 0.05) is 53.3 Å². The maximum absolute atomic E-state index is 12.3. The van der Waals surface area contributed by atoms with E-state index in [1.807, 2.05) is 0 Å². The zero-order valence-electron chi connectivity index (χ0n) is 14.6. The van der Waals surface area contributed by atoms with Gasteiger partial charge in [-0.2, -0.15) is 0 Å². The van der Waals surface area contributed by atoms with E-state index in [-0.39, 0.29) is 23.1 Å². The second-order valence-electron chi connectivity index (χ2n) is 6.52. The molecular weight excluding hydrogens is 370 g/mol. The summed E-state index contributed by atoms with van der Waals surface area (Å²) in [5.41, 5.74) is 1.41. The van der Waals surface area contributed by atoms with Crippen molar-refractivity contribution >= 4 is 34.8 Å². The molecule has 0 bridgehead atoms. The second-order valence-corrected chi connectivity index (χ2v) is 6.96. The molecule has 140 valence electrons. The third-order valence-corrected chi connectivity index (χ3v) is 4.81. The average molecular weight is 388 g/mol. The zero-order chi connectivity index (χ0) is 19.6. The van der Waals surface area contributed by atoms with E-state index in [0.29, 0.717) is 30.1 Å². The third kappa shape index (κ3) is 4.25. The van der Waals surface area contributed by atoms with Gasteiger partial charge in [0.05, 0.1) is 4.92 Å². The molecular formula is C19H18ClN3O4. The van der Waals surface area contributed by atoms with Crippen molar-refractivity contribution in [3.8, 4) is 0 Å². The summed E-state index contributed by atoms with van der Waals surface area (Å²) in [7, 11) is 0. The highest BCUT2D eigenvalue weighted by Gasteiger charge is 2.30. The van der Waals surface area contributed by atoms with E-state index >= 15 is 0 Å². The highest BCUT2D eigenvalue weighted by atomic mass is 35.5. The summed E-state index contributed by atoms with van der Waals surface area (Å²) in [6, 6.07) is 11.4. The van der Waals surface area contributed by atoms with Crippen LogP contribution in [0.2, 0.25) is 5.02 Å². The molecule has 1 heterocycles. The quantitative estimate of drug-likeness (QED) is 0.629. The highest BCUT2D eigenvalue weighted by molar-refractivity contribution is 6.30. The Morgan fingerprint density at radius 2 is 2.00 bits per heavy atom. The smallest absolute Gasteiger partial charge is 0.273 e. The molecule has 2 aromatic carbocycles. The molecule has 2 aromatic rings. The monoisotopic (exact) mass is 387 g/mol. The maximum atomic E-state index is 12.3. The first-order valence-electron chi connectivity index (χ1n) is 8.44. The van der Waals surface area contributed by atoms with Crippen LogP contribution in [-0.2, 0) is 4.79 Å². The second kappa shape index (κ2) is 7.75. The number of nitrogens with zero attached hydrogens (tertiary/aromatic N) is 2. The van der Waals surface area contributed by atoms with Gasteiger partial charge in [-0.15, -0.1) is 0 Å². The number of hydrogen-bond donors (Lipinski definition) is 1. The molecule has 1 saturated heterocycles. The molecule has 1 fully saturated rings. The summed E-state index contributed by atoms with van der Waals surface area (Å²) in [6.07, 6.45) is 0.330. The minimum absolute atomic E-state index is 0.0115. The van der Waals surface area contributed by atoms with E-state index in [0.717, 1.165) is 5.69 Å². The van der Waals surface area contributed by atoms with Crippen molar-refractivity contribution in [2.45, 2.75) is 13.3 Å². The number of carbonyl (C=O) groups excluding carboxylic acids is 2. The molecule has 1 atom stereocenters. The van der Waals surface area contributed by atoms with Gasteiger partial charge in [-0.3, -0.25) is 19.7 Å². The Hall–Kier alpha value is -2.93. The van der Waals surface area contributed by atoms with Crippen molar-refractivity contribution in [1.82, 2.24) is 5.32 Å². The van der Waals surface area contributed by atoms with Gasteiger partial charge in [0.25, 0.3) is 11.6 Å². The third-order valence-electron chi connectivity index (χ3n) is 4.56. The first-order valence-corrected chi connectivity index (χ1v) is 8.82. The molecule has 0 unspecified atom stereocenters. The topological polar surface area (TPSA) is 92.6 Å². The Kier molecular flexibility index (Phi) is 5.41. The lowest BCUT2D eigenvalue weighted by molar-refractivity contribution is -0.385. The van der Waals surface area contributed by atoms with Crippen LogP contribution in [0.3, 0.4) is 0 Å². The fourth-order valence-electron chi connectivity index (χ4n) is 3.08. The Morgan fingerprint density at radius 1 is 1.30 bits per heavy atom. The Labute approximate surface area is 161 Å².